The molecule has 5 nitrogen and oxygen atoms in total. The number of carbonyl (C=O) groups excluding carboxylic acids is 1. The smallest absolute Gasteiger partial charge is 0.328 e. The van der Waals surface area contributed by atoms with Crippen molar-refractivity contribution >= 4 is 23.1 Å². The largest absolute Gasteiger partial charge is 0.416 e. The third kappa shape index (κ3) is 4.41. The second kappa shape index (κ2) is 7.45. The van der Waals surface area contributed by atoms with Gasteiger partial charge in [-0.3, -0.25) is 4.79 Å². The third-order valence-electron chi connectivity index (χ3n) is 3.83. The van der Waals surface area contributed by atoms with Crippen molar-refractivity contribution in [3.63, 3.8) is 0 Å². The Morgan fingerprint density at radius 3 is 2.19 bits per heavy atom. The van der Waals surface area contributed by atoms with Crippen LogP contribution >= 0.6 is 0 Å². The number of hydrogen-bond acceptors (Lipinski definition) is 4. The van der Waals surface area contributed by atoms with E-state index in [1.54, 1.807) is 0 Å². The molecule has 0 aliphatic heterocycles. The maximum atomic E-state index is 12.6. The van der Waals surface area contributed by atoms with Gasteiger partial charge in [-0.05, 0) is 36.4 Å². The fourth-order valence-corrected chi connectivity index (χ4v) is 2.33. The van der Waals surface area contributed by atoms with Crippen molar-refractivity contribution in [1.29, 1.82) is 0 Å². The van der Waals surface area contributed by atoms with Gasteiger partial charge in [0.1, 0.15) is 5.69 Å². The van der Waals surface area contributed by atoms with E-state index in [4.69, 9.17) is 0 Å². The third-order valence-corrected chi connectivity index (χ3v) is 3.83. The molecule has 27 heavy (non-hydrogen) atoms. The van der Waals surface area contributed by atoms with Crippen LogP contribution in [0.5, 0.6) is 0 Å². The first-order valence-corrected chi connectivity index (χ1v) is 7.94. The molecule has 1 heterocycles. The van der Waals surface area contributed by atoms with E-state index in [1.807, 2.05) is 42.3 Å². The first-order chi connectivity index (χ1) is 12.8. The maximum Gasteiger partial charge on any atom is 0.416 e. The zero-order valence-electron chi connectivity index (χ0n) is 14.2. The van der Waals surface area contributed by atoms with Gasteiger partial charge in [0.05, 0.1) is 18.0 Å². The molecule has 138 valence electrons. The number of alkyl halides is 3. The fraction of sp³-hybridized carbons (Fsp3) is 0.105. The molecule has 1 aromatic heterocycles. The number of nitrogens with zero attached hydrogens (tertiary/aromatic N) is 3. The monoisotopic (exact) mass is 372 g/mol. The Labute approximate surface area is 153 Å². The van der Waals surface area contributed by atoms with Crippen LogP contribution in [0.1, 0.15) is 16.1 Å². The first kappa shape index (κ1) is 18.4. The van der Waals surface area contributed by atoms with Gasteiger partial charge in [-0.1, -0.05) is 18.2 Å². The van der Waals surface area contributed by atoms with E-state index in [0.717, 1.165) is 17.8 Å². The molecule has 3 rings (SSSR count). The lowest BCUT2D eigenvalue weighted by Gasteiger charge is -2.17. The van der Waals surface area contributed by atoms with Gasteiger partial charge in [0, 0.05) is 18.4 Å². The van der Waals surface area contributed by atoms with Crippen molar-refractivity contribution < 1.29 is 18.0 Å². The van der Waals surface area contributed by atoms with Crippen LogP contribution in [0.25, 0.3) is 0 Å². The first-order valence-electron chi connectivity index (χ1n) is 7.94. The van der Waals surface area contributed by atoms with Crippen LogP contribution in [0.3, 0.4) is 0 Å². The fourth-order valence-electron chi connectivity index (χ4n) is 2.33. The number of para-hydroxylation sites is 1. The van der Waals surface area contributed by atoms with Gasteiger partial charge in [0.15, 0.2) is 5.82 Å². The topological polar surface area (TPSA) is 58.1 Å². The highest BCUT2D eigenvalue weighted by atomic mass is 19.4. The van der Waals surface area contributed by atoms with Gasteiger partial charge in [0.25, 0.3) is 5.91 Å². The van der Waals surface area contributed by atoms with Gasteiger partial charge in [0.2, 0.25) is 0 Å². The molecular formula is C19H15F3N4O. The summed E-state index contributed by atoms with van der Waals surface area (Å²) in [5, 5.41) is 2.49. The normalized spacial score (nSPS) is 11.1. The summed E-state index contributed by atoms with van der Waals surface area (Å²) in [6, 6.07) is 13.7. The molecule has 0 saturated heterocycles. The second-order valence-electron chi connectivity index (χ2n) is 5.68. The highest BCUT2D eigenvalue weighted by Crippen LogP contribution is 2.29. The molecule has 2 aromatic carbocycles. The zero-order valence-corrected chi connectivity index (χ0v) is 14.2. The highest BCUT2D eigenvalue weighted by molar-refractivity contribution is 6.02. The Kier molecular flexibility index (Phi) is 5.07. The summed E-state index contributed by atoms with van der Waals surface area (Å²) in [6.07, 6.45) is -1.66. The Morgan fingerprint density at radius 1 is 0.963 bits per heavy atom. The van der Waals surface area contributed by atoms with Crippen LogP contribution in [-0.2, 0) is 6.18 Å². The second-order valence-corrected chi connectivity index (χ2v) is 5.68. The van der Waals surface area contributed by atoms with E-state index in [9.17, 15) is 18.0 Å². The van der Waals surface area contributed by atoms with Crippen molar-refractivity contribution in [2.45, 2.75) is 6.18 Å². The molecule has 0 aliphatic rings. The number of aromatic nitrogens is 2. The van der Waals surface area contributed by atoms with E-state index in [2.05, 4.69) is 15.3 Å². The van der Waals surface area contributed by atoms with Crippen molar-refractivity contribution in [3.05, 3.63) is 78.2 Å². The summed E-state index contributed by atoms with van der Waals surface area (Å²) in [5.41, 5.74) is 0.419. The SMILES string of the molecule is CN(c1ccccc1)c1cnc(C(=O)Nc2ccc(C(F)(F)F)cc2)cn1. The van der Waals surface area contributed by atoms with Crippen LogP contribution < -0.4 is 10.2 Å². The quantitative estimate of drug-likeness (QED) is 0.732. The van der Waals surface area contributed by atoms with Crippen LogP contribution in [-0.4, -0.2) is 22.9 Å². The summed E-state index contributed by atoms with van der Waals surface area (Å²) < 4.78 is 37.7. The number of hydrogen-bond donors (Lipinski definition) is 1. The molecule has 0 atom stereocenters. The molecule has 8 heteroatoms. The molecule has 1 amide bonds. The van der Waals surface area contributed by atoms with Crippen molar-refractivity contribution in [2.75, 3.05) is 17.3 Å². The van der Waals surface area contributed by atoms with Gasteiger partial charge in [-0.2, -0.15) is 13.2 Å². The summed E-state index contributed by atoms with van der Waals surface area (Å²) in [5.74, 6) is -0.0107. The predicted molar refractivity (Wildman–Crippen MR) is 95.9 cm³/mol. The molecule has 3 aromatic rings. The van der Waals surface area contributed by atoms with Gasteiger partial charge in [-0.25, -0.2) is 9.97 Å². The Hall–Kier alpha value is -3.42. The number of carbonyl (C=O) groups is 1. The van der Waals surface area contributed by atoms with Crippen LogP contribution in [0.2, 0.25) is 0 Å². The number of anilines is 3. The average Bonchev–Trinajstić information content (AvgIpc) is 2.68. The standard InChI is InChI=1S/C19H15F3N4O/c1-26(15-5-3-2-4-6-15)17-12-23-16(11-24-17)18(27)25-14-9-7-13(8-10-14)19(20,21)22/h2-12H,1H3,(H,25,27). The Morgan fingerprint density at radius 2 is 1.63 bits per heavy atom. The van der Waals surface area contributed by atoms with Crippen molar-refractivity contribution in [2.24, 2.45) is 0 Å². The molecule has 0 spiro atoms. The minimum Gasteiger partial charge on any atom is -0.328 e. The highest BCUT2D eigenvalue weighted by Gasteiger charge is 2.30. The number of benzene rings is 2. The number of halogens is 3. The van der Waals surface area contributed by atoms with Crippen molar-refractivity contribution in [3.8, 4) is 0 Å². The molecule has 0 radical (unpaired) electrons. The van der Waals surface area contributed by atoms with Crippen LogP contribution in [0, 0.1) is 0 Å². The van der Waals surface area contributed by atoms with Gasteiger partial charge in [-0.15, -0.1) is 0 Å². The summed E-state index contributed by atoms with van der Waals surface area (Å²) in [4.78, 5) is 22.3. The molecule has 1 N–H and O–H groups in total. The lowest BCUT2D eigenvalue weighted by Crippen LogP contribution is -2.16. The molecule has 0 fully saturated rings. The average molecular weight is 372 g/mol. The lowest BCUT2D eigenvalue weighted by molar-refractivity contribution is -0.137. The number of nitrogens with one attached hydrogen (secondary N) is 1. The molecule has 0 aliphatic carbocycles. The number of rotatable bonds is 4. The Bertz CT molecular complexity index is 910. The summed E-state index contributed by atoms with van der Waals surface area (Å²) in [6.45, 7) is 0. The molecule has 0 bridgehead atoms. The summed E-state index contributed by atoms with van der Waals surface area (Å²) >= 11 is 0. The molecule has 0 unspecified atom stereocenters. The lowest BCUT2D eigenvalue weighted by atomic mass is 10.2. The minimum atomic E-state index is -4.42. The van der Waals surface area contributed by atoms with E-state index in [-0.39, 0.29) is 11.4 Å². The number of amides is 1. The van der Waals surface area contributed by atoms with Gasteiger partial charge >= 0.3 is 6.18 Å². The Balaban J connectivity index is 1.69. The van der Waals surface area contributed by atoms with E-state index in [1.165, 1.54) is 24.5 Å². The summed E-state index contributed by atoms with van der Waals surface area (Å²) in [7, 11) is 1.82. The molecular weight excluding hydrogens is 357 g/mol. The zero-order chi connectivity index (χ0) is 19.4. The van der Waals surface area contributed by atoms with E-state index in [0.29, 0.717) is 5.82 Å². The predicted octanol–water partition coefficient (Wildman–Crippen LogP) is 4.52. The van der Waals surface area contributed by atoms with E-state index < -0.39 is 17.6 Å². The van der Waals surface area contributed by atoms with Gasteiger partial charge < -0.3 is 10.2 Å². The minimum absolute atomic E-state index is 0.0557. The maximum absolute atomic E-state index is 12.6. The van der Waals surface area contributed by atoms with Crippen LogP contribution in [0.15, 0.2) is 67.0 Å². The van der Waals surface area contributed by atoms with Crippen LogP contribution in [0.4, 0.5) is 30.4 Å². The molecule has 0 saturated carbocycles. The van der Waals surface area contributed by atoms with Crippen molar-refractivity contribution in [1.82, 2.24) is 9.97 Å². The van der Waals surface area contributed by atoms with E-state index >= 15 is 0 Å².